The lowest BCUT2D eigenvalue weighted by Gasteiger charge is -2.07. The third-order valence-electron chi connectivity index (χ3n) is 4.16. The molecule has 4 nitrogen and oxygen atoms in total. The second kappa shape index (κ2) is 14.4. The normalized spacial score (nSPS) is 10.9. The molecular formula is C22H32N2O2. The number of hydrogen-bond acceptors (Lipinski definition) is 4. The number of ether oxygens (including phenoxy) is 2. The third kappa shape index (κ3) is 10.3. The summed E-state index contributed by atoms with van der Waals surface area (Å²) in [6, 6.07) is 16.5. The van der Waals surface area contributed by atoms with Crippen molar-refractivity contribution >= 4 is 0 Å². The number of unbranched alkanes of at least 4 members (excludes halogenated alkanes) is 3. The topological polar surface area (TPSA) is 43.4 Å². The zero-order valence-corrected chi connectivity index (χ0v) is 15.7. The summed E-state index contributed by atoms with van der Waals surface area (Å²) >= 11 is 0. The van der Waals surface area contributed by atoms with E-state index in [1.54, 1.807) is 0 Å². The van der Waals surface area contributed by atoms with Gasteiger partial charge < -0.3 is 14.8 Å². The third-order valence-corrected chi connectivity index (χ3v) is 4.16. The van der Waals surface area contributed by atoms with Crippen LogP contribution in [0.2, 0.25) is 0 Å². The Kier molecular flexibility index (Phi) is 11.4. The van der Waals surface area contributed by atoms with Gasteiger partial charge >= 0.3 is 0 Å². The van der Waals surface area contributed by atoms with Crippen molar-refractivity contribution in [1.82, 2.24) is 10.3 Å². The van der Waals surface area contributed by atoms with E-state index in [4.69, 9.17) is 9.47 Å². The Balaban J connectivity index is 1.28. The Hall–Kier alpha value is -1.75. The van der Waals surface area contributed by atoms with Crippen LogP contribution < -0.4 is 5.32 Å². The van der Waals surface area contributed by atoms with Crippen molar-refractivity contribution in [3.8, 4) is 0 Å². The lowest BCUT2D eigenvalue weighted by atomic mass is 10.2. The number of nitrogens with zero attached hydrogens (tertiary/aromatic N) is 1. The van der Waals surface area contributed by atoms with Crippen LogP contribution in [-0.4, -0.2) is 38.0 Å². The van der Waals surface area contributed by atoms with Crippen molar-refractivity contribution in [3.63, 3.8) is 0 Å². The summed E-state index contributed by atoms with van der Waals surface area (Å²) in [4.78, 5) is 4.27. The van der Waals surface area contributed by atoms with Crippen LogP contribution in [0.1, 0.15) is 36.9 Å². The van der Waals surface area contributed by atoms with Crippen molar-refractivity contribution in [3.05, 3.63) is 66.0 Å². The largest absolute Gasteiger partial charge is 0.379 e. The van der Waals surface area contributed by atoms with Gasteiger partial charge in [0.1, 0.15) is 0 Å². The van der Waals surface area contributed by atoms with Crippen molar-refractivity contribution in [2.75, 3.05) is 33.0 Å². The maximum Gasteiger partial charge on any atom is 0.0700 e. The average Bonchev–Trinajstić information content (AvgIpc) is 2.70. The zero-order valence-electron chi connectivity index (χ0n) is 15.7. The van der Waals surface area contributed by atoms with Gasteiger partial charge in [0.2, 0.25) is 0 Å². The van der Waals surface area contributed by atoms with Gasteiger partial charge in [0.25, 0.3) is 0 Å². The number of pyridine rings is 1. The van der Waals surface area contributed by atoms with Crippen LogP contribution in [0.5, 0.6) is 0 Å². The number of rotatable bonds is 15. The molecular weight excluding hydrogens is 324 g/mol. The zero-order chi connectivity index (χ0) is 18.1. The first kappa shape index (κ1) is 20.6. The van der Waals surface area contributed by atoms with Crippen LogP contribution in [0.15, 0.2) is 54.7 Å². The molecule has 1 N–H and O–H groups in total. The first-order chi connectivity index (χ1) is 12.9. The molecule has 1 aromatic carbocycles. The molecule has 0 aliphatic rings. The maximum absolute atomic E-state index is 5.62. The molecule has 4 heteroatoms. The molecule has 26 heavy (non-hydrogen) atoms. The van der Waals surface area contributed by atoms with E-state index in [2.05, 4.69) is 40.6 Å². The monoisotopic (exact) mass is 356 g/mol. The lowest BCUT2D eigenvalue weighted by Crippen LogP contribution is -2.14. The van der Waals surface area contributed by atoms with E-state index in [1.165, 1.54) is 24.8 Å². The van der Waals surface area contributed by atoms with Crippen LogP contribution in [0.3, 0.4) is 0 Å². The smallest absolute Gasteiger partial charge is 0.0700 e. The highest BCUT2D eigenvalue weighted by atomic mass is 16.5. The molecule has 0 radical (unpaired) electrons. The highest BCUT2D eigenvalue weighted by Gasteiger charge is 1.95. The van der Waals surface area contributed by atoms with Crippen molar-refractivity contribution in [1.29, 1.82) is 0 Å². The van der Waals surface area contributed by atoms with Gasteiger partial charge in [-0.2, -0.15) is 0 Å². The quantitative estimate of drug-likeness (QED) is 0.490. The molecule has 1 aromatic heterocycles. The van der Waals surface area contributed by atoms with E-state index in [9.17, 15) is 0 Å². The van der Waals surface area contributed by atoms with Crippen LogP contribution >= 0.6 is 0 Å². The lowest BCUT2D eigenvalue weighted by molar-refractivity contribution is 0.0472. The predicted octanol–water partition coefficient (Wildman–Crippen LogP) is 4.01. The SMILES string of the molecule is c1ccc(CNCCCCCCOCCOCCc2ccccn2)cc1. The first-order valence-corrected chi connectivity index (χ1v) is 9.75. The minimum absolute atomic E-state index is 0.663. The van der Waals surface area contributed by atoms with Gasteiger partial charge in [0.15, 0.2) is 0 Å². The summed E-state index contributed by atoms with van der Waals surface area (Å²) in [5, 5.41) is 3.49. The number of hydrogen-bond donors (Lipinski definition) is 1. The minimum atomic E-state index is 0.663. The van der Waals surface area contributed by atoms with Gasteiger partial charge in [-0.15, -0.1) is 0 Å². The van der Waals surface area contributed by atoms with E-state index >= 15 is 0 Å². The maximum atomic E-state index is 5.62. The van der Waals surface area contributed by atoms with E-state index in [0.717, 1.165) is 38.2 Å². The number of aromatic nitrogens is 1. The fourth-order valence-electron chi connectivity index (χ4n) is 2.68. The Bertz CT molecular complexity index is 497. The fourth-order valence-corrected chi connectivity index (χ4v) is 2.68. The highest BCUT2D eigenvalue weighted by Crippen LogP contribution is 2.01. The fraction of sp³-hybridized carbons (Fsp3) is 0.500. The van der Waals surface area contributed by atoms with Crippen molar-refractivity contribution in [2.45, 2.75) is 38.6 Å². The molecule has 0 spiro atoms. The molecule has 2 rings (SSSR count). The summed E-state index contributed by atoms with van der Waals surface area (Å²) in [6.07, 6.45) is 7.52. The predicted molar refractivity (Wildman–Crippen MR) is 106 cm³/mol. The van der Waals surface area contributed by atoms with Gasteiger partial charge in [-0.3, -0.25) is 4.98 Å². The molecule has 0 amide bonds. The molecule has 0 atom stereocenters. The Morgan fingerprint density at radius 3 is 2.31 bits per heavy atom. The van der Waals surface area contributed by atoms with Gasteiger partial charge in [0.05, 0.1) is 19.8 Å². The number of benzene rings is 1. The van der Waals surface area contributed by atoms with Gasteiger partial charge in [-0.1, -0.05) is 49.2 Å². The summed E-state index contributed by atoms with van der Waals surface area (Å²) < 4.78 is 11.2. The molecule has 0 bridgehead atoms. The Morgan fingerprint density at radius 1 is 0.731 bits per heavy atom. The molecule has 0 fully saturated rings. The Labute approximate surface area is 157 Å². The van der Waals surface area contributed by atoms with Gasteiger partial charge in [-0.05, 0) is 37.1 Å². The van der Waals surface area contributed by atoms with Crippen molar-refractivity contribution < 1.29 is 9.47 Å². The molecule has 142 valence electrons. The second-order valence-electron chi connectivity index (χ2n) is 6.37. The molecule has 0 saturated carbocycles. The summed E-state index contributed by atoms with van der Waals surface area (Å²) in [6.45, 7) is 4.93. The van der Waals surface area contributed by atoms with Crippen LogP contribution in [0.25, 0.3) is 0 Å². The highest BCUT2D eigenvalue weighted by molar-refractivity contribution is 5.14. The molecule has 2 aromatic rings. The molecule has 0 aliphatic carbocycles. The van der Waals surface area contributed by atoms with E-state index in [0.29, 0.717) is 19.8 Å². The van der Waals surface area contributed by atoms with Crippen LogP contribution in [0, 0.1) is 0 Å². The summed E-state index contributed by atoms with van der Waals surface area (Å²) in [5.74, 6) is 0. The van der Waals surface area contributed by atoms with E-state index in [1.807, 2.05) is 24.4 Å². The Morgan fingerprint density at radius 2 is 1.50 bits per heavy atom. The van der Waals surface area contributed by atoms with Gasteiger partial charge in [-0.25, -0.2) is 0 Å². The second-order valence-corrected chi connectivity index (χ2v) is 6.37. The molecule has 1 heterocycles. The number of nitrogens with one attached hydrogen (secondary N) is 1. The van der Waals surface area contributed by atoms with Crippen LogP contribution in [-0.2, 0) is 22.4 Å². The minimum Gasteiger partial charge on any atom is -0.379 e. The molecule has 0 saturated heterocycles. The van der Waals surface area contributed by atoms with E-state index < -0.39 is 0 Å². The average molecular weight is 357 g/mol. The van der Waals surface area contributed by atoms with Crippen LogP contribution in [0.4, 0.5) is 0 Å². The first-order valence-electron chi connectivity index (χ1n) is 9.75. The molecule has 0 unspecified atom stereocenters. The van der Waals surface area contributed by atoms with E-state index in [-0.39, 0.29) is 0 Å². The van der Waals surface area contributed by atoms with Gasteiger partial charge in [0, 0.05) is 31.5 Å². The molecule has 0 aliphatic heterocycles. The summed E-state index contributed by atoms with van der Waals surface area (Å²) in [7, 11) is 0. The van der Waals surface area contributed by atoms with Crippen molar-refractivity contribution in [2.24, 2.45) is 0 Å². The standard InChI is InChI=1S/C22H32N2O2/c1(7-14-23-20-21-10-4-3-5-11-21)2-9-16-25-18-19-26-17-13-22-12-6-8-15-24-22/h3-6,8,10-12,15,23H,1-2,7,9,13-14,16-20H2. The summed E-state index contributed by atoms with van der Waals surface area (Å²) in [5.41, 5.74) is 2.43.